The molecule has 0 fully saturated rings. The zero-order valence-corrected chi connectivity index (χ0v) is 23.7. The maximum absolute atomic E-state index is 14.1. The number of amides is 1. The number of aromatic nitrogens is 3. The Morgan fingerprint density at radius 3 is 2.40 bits per heavy atom. The van der Waals surface area contributed by atoms with Crippen LogP contribution >= 0.6 is 0 Å². The molecule has 6 nitrogen and oxygen atoms in total. The highest BCUT2D eigenvalue weighted by molar-refractivity contribution is 5.77. The fourth-order valence-corrected chi connectivity index (χ4v) is 5.51. The highest BCUT2D eigenvalue weighted by Gasteiger charge is 2.39. The van der Waals surface area contributed by atoms with Crippen molar-refractivity contribution in [2.45, 2.75) is 70.8 Å². The first-order valence-electron chi connectivity index (χ1n) is 14.1. The van der Waals surface area contributed by atoms with Crippen LogP contribution in [0.15, 0.2) is 60.8 Å². The highest BCUT2D eigenvalue weighted by atomic mass is 19.4. The third-order valence-corrected chi connectivity index (χ3v) is 7.22. The first-order valence-corrected chi connectivity index (χ1v) is 14.1. The minimum Gasteiger partial charge on any atom is -0.491 e. The second-order valence-electron chi connectivity index (χ2n) is 10.9. The molecule has 0 saturated carbocycles. The van der Waals surface area contributed by atoms with Gasteiger partial charge >= 0.3 is 6.18 Å². The van der Waals surface area contributed by atoms with Gasteiger partial charge in [-0.2, -0.15) is 18.3 Å². The SMILES string of the molecule is CC(C)Oc1ccc(-c2cccnc2C(Cc2cc(F)cc(F)c2)NC(=O)Cn2nc(C(F)(F)F)c3c2CCCC3)cc1. The van der Waals surface area contributed by atoms with Gasteiger partial charge in [0.1, 0.15) is 23.9 Å². The Hall–Kier alpha value is -4.28. The molecule has 2 heterocycles. The van der Waals surface area contributed by atoms with Gasteiger partial charge in [0.05, 0.1) is 17.8 Å². The van der Waals surface area contributed by atoms with Crippen LogP contribution in [0.4, 0.5) is 22.0 Å². The smallest absolute Gasteiger partial charge is 0.435 e. The minimum atomic E-state index is -4.63. The van der Waals surface area contributed by atoms with Crippen molar-refractivity contribution in [3.63, 3.8) is 0 Å². The Labute approximate surface area is 245 Å². The van der Waals surface area contributed by atoms with Crippen LogP contribution in [-0.4, -0.2) is 26.8 Å². The molecule has 0 bridgehead atoms. The van der Waals surface area contributed by atoms with E-state index in [-0.39, 0.29) is 30.1 Å². The Balaban J connectivity index is 1.48. The molecule has 1 unspecified atom stereocenters. The summed E-state index contributed by atoms with van der Waals surface area (Å²) in [6, 6.07) is 13.1. The molecule has 1 aliphatic carbocycles. The zero-order valence-electron chi connectivity index (χ0n) is 23.7. The summed E-state index contributed by atoms with van der Waals surface area (Å²) in [4.78, 5) is 17.9. The number of halogens is 5. The molecule has 2 aromatic carbocycles. The molecule has 1 amide bonds. The predicted molar refractivity (Wildman–Crippen MR) is 150 cm³/mol. The van der Waals surface area contributed by atoms with Gasteiger partial charge in [-0.05, 0) is 87.4 Å². The van der Waals surface area contributed by atoms with Gasteiger partial charge in [0, 0.05) is 29.1 Å². The monoisotopic (exact) mass is 598 g/mol. The lowest BCUT2D eigenvalue weighted by Gasteiger charge is -2.22. The van der Waals surface area contributed by atoms with Crippen molar-refractivity contribution >= 4 is 5.91 Å². The van der Waals surface area contributed by atoms with Crippen LogP contribution in [0, 0.1) is 11.6 Å². The summed E-state index contributed by atoms with van der Waals surface area (Å²) in [5.41, 5.74) is 1.71. The van der Waals surface area contributed by atoms with Gasteiger partial charge < -0.3 is 10.1 Å². The van der Waals surface area contributed by atoms with Crippen molar-refractivity contribution in [2.24, 2.45) is 0 Å². The molecule has 1 aliphatic rings. The van der Waals surface area contributed by atoms with Gasteiger partial charge in [-0.1, -0.05) is 18.2 Å². The molecule has 0 saturated heterocycles. The fourth-order valence-electron chi connectivity index (χ4n) is 5.51. The maximum atomic E-state index is 14.1. The Morgan fingerprint density at radius 1 is 1.02 bits per heavy atom. The number of pyridine rings is 1. The molecular weight excluding hydrogens is 567 g/mol. The van der Waals surface area contributed by atoms with E-state index in [1.165, 1.54) is 12.1 Å². The summed E-state index contributed by atoms with van der Waals surface area (Å²) >= 11 is 0. The van der Waals surface area contributed by atoms with Gasteiger partial charge in [0.15, 0.2) is 5.69 Å². The molecule has 0 aliphatic heterocycles. The van der Waals surface area contributed by atoms with Crippen molar-refractivity contribution in [3.8, 4) is 16.9 Å². The molecule has 2 aromatic heterocycles. The third-order valence-electron chi connectivity index (χ3n) is 7.22. The summed E-state index contributed by atoms with van der Waals surface area (Å²) < 4.78 is 76.2. The van der Waals surface area contributed by atoms with E-state index in [1.54, 1.807) is 24.4 Å². The Morgan fingerprint density at radius 2 is 1.72 bits per heavy atom. The van der Waals surface area contributed by atoms with Crippen LogP contribution in [0.2, 0.25) is 0 Å². The number of fused-ring (bicyclic) bond motifs is 1. The molecule has 11 heteroatoms. The average Bonchev–Trinajstić information content (AvgIpc) is 3.31. The van der Waals surface area contributed by atoms with Crippen molar-refractivity contribution in [3.05, 3.63) is 101 Å². The number of carbonyl (C=O) groups excluding carboxylic acids is 1. The molecule has 226 valence electrons. The van der Waals surface area contributed by atoms with E-state index >= 15 is 0 Å². The molecule has 0 spiro atoms. The molecule has 43 heavy (non-hydrogen) atoms. The quantitative estimate of drug-likeness (QED) is 0.211. The van der Waals surface area contributed by atoms with Crippen LogP contribution in [0.1, 0.15) is 60.9 Å². The maximum Gasteiger partial charge on any atom is 0.435 e. The number of nitrogens with zero attached hydrogens (tertiary/aromatic N) is 3. The van der Waals surface area contributed by atoms with Gasteiger partial charge in [-0.25, -0.2) is 8.78 Å². The number of carbonyl (C=O) groups is 1. The van der Waals surface area contributed by atoms with E-state index in [2.05, 4.69) is 15.4 Å². The lowest BCUT2D eigenvalue weighted by molar-refractivity contribution is -0.142. The van der Waals surface area contributed by atoms with Crippen LogP contribution < -0.4 is 10.1 Å². The highest BCUT2D eigenvalue weighted by Crippen LogP contribution is 2.36. The standard InChI is InChI=1S/C32H31F5N4O2/c1-19(2)43-24-11-9-21(10-12-24)25-7-5-13-38-30(25)27(16-20-14-22(33)17-23(34)15-20)39-29(42)18-41-28-8-4-3-6-26(28)31(40-41)32(35,36)37/h5,7,9-15,17,19,27H,3-4,6,8,16,18H2,1-2H3,(H,39,42). The van der Waals surface area contributed by atoms with E-state index < -0.39 is 42.0 Å². The molecule has 5 rings (SSSR count). The zero-order chi connectivity index (χ0) is 30.7. The van der Waals surface area contributed by atoms with Crippen molar-refractivity contribution < 1.29 is 31.5 Å². The normalized spacial score (nSPS) is 14.0. The number of alkyl halides is 3. The van der Waals surface area contributed by atoms with Gasteiger partial charge in [0.25, 0.3) is 0 Å². The summed E-state index contributed by atoms with van der Waals surface area (Å²) in [5.74, 6) is -1.48. The molecular formula is C32H31F5N4O2. The lowest BCUT2D eigenvalue weighted by Crippen LogP contribution is -2.34. The van der Waals surface area contributed by atoms with E-state index in [0.717, 1.165) is 16.3 Å². The van der Waals surface area contributed by atoms with E-state index in [4.69, 9.17) is 4.74 Å². The number of hydrogen-bond donors (Lipinski definition) is 1. The van der Waals surface area contributed by atoms with Crippen LogP contribution in [0.3, 0.4) is 0 Å². The third kappa shape index (κ3) is 7.21. The van der Waals surface area contributed by atoms with Crippen LogP contribution in [-0.2, 0) is 36.8 Å². The van der Waals surface area contributed by atoms with Gasteiger partial charge in [0.2, 0.25) is 5.91 Å². The van der Waals surface area contributed by atoms with E-state index in [0.29, 0.717) is 42.0 Å². The number of ether oxygens (including phenoxy) is 1. The minimum absolute atomic E-state index is 0.0151. The summed E-state index contributed by atoms with van der Waals surface area (Å²) in [5, 5.41) is 6.65. The number of rotatable bonds is 9. The fraction of sp³-hybridized carbons (Fsp3) is 0.344. The first kappa shape index (κ1) is 30.2. The first-order chi connectivity index (χ1) is 20.5. The topological polar surface area (TPSA) is 69.0 Å². The molecule has 1 N–H and O–H groups in total. The van der Waals surface area contributed by atoms with Gasteiger partial charge in [-0.15, -0.1) is 0 Å². The second-order valence-corrected chi connectivity index (χ2v) is 10.9. The molecule has 4 aromatic rings. The summed E-state index contributed by atoms with van der Waals surface area (Å²) in [6.07, 6.45) is -1.18. The lowest BCUT2D eigenvalue weighted by atomic mass is 9.95. The summed E-state index contributed by atoms with van der Waals surface area (Å²) in [6.45, 7) is 3.38. The number of nitrogens with one attached hydrogen (secondary N) is 1. The average molecular weight is 599 g/mol. The largest absolute Gasteiger partial charge is 0.491 e. The number of benzene rings is 2. The van der Waals surface area contributed by atoms with E-state index in [1.807, 2.05) is 32.0 Å². The van der Waals surface area contributed by atoms with Crippen LogP contribution in [0.5, 0.6) is 5.75 Å². The Bertz CT molecular complexity index is 1580. The summed E-state index contributed by atoms with van der Waals surface area (Å²) in [7, 11) is 0. The molecule has 0 radical (unpaired) electrons. The second kappa shape index (κ2) is 12.5. The van der Waals surface area contributed by atoms with Crippen LogP contribution in [0.25, 0.3) is 11.1 Å². The van der Waals surface area contributed by atoms with Crippen molar-refractivity contribution in [2.75, 3.05) is 0 Å². The van der Waals surface area contributed by atoms with Crippen molar-refractivity contribution in [1.29, 1.82) is 0 Å². The number of hydrogen-bond acceptors (Lipinski definition) is 4. The predicted octanol–water partition coefficient (Wildman–Crippen LogP) is 7.01. The Kier molecular flexibility index (Phi) is 8.79. The van der Waals surface area contributed by atoms with Gasteiger partial charge in [-0.3, -0.25) is 14.5 Å². The molecule has 1 atom stereocenters. The van der Waals surface area contributed by atoms with Crippen molar-refractivity contribution in [1.82, 2.24) is 20.1 Å². The van der Waals surface area contributed by atoms with E-state index in [9.17, 15) is 26.7 Å².